The van der Waals surface area contributed by atoms with E-state index in [1.54, 1.807) is 0 Å². The van der Waals surface area contributed by atoms with Crippen molar-refractivity contribution in [2.24, 2.45) is 17.8 Å². The number of ether oxygens (including phenoxy) is 2. The zero-order chi connectivity index (χ0) is 14.2. The molecule has 2 aliphatic carbocycles. The van der Waals surface area contributed by atoms with Gasteiger partial charge in [0.2, 0.25) is 0 Å². The van der Waals surface area contributed by atoms with Gasteiger partial charge >= 0.3 is 0 Å². The average Bonchev–Trinajstić information content (AvgIpc) is 3.15. The second-order valence-electron chi connectivity index (χ2n) is 6.88. The minimum Gasteiger partial charge on any atom is -0.486 e. The van der Waals surface area contributed by atoms with Gasteiger partial charge in [-0.05, 0) is 56.6 Å². The Morgan fingerprint density at radius 2 is 2.10 bits per heavy atom. The molecule has 1 aromatic carbocycles. The molecule has 4 rings (SSSR count). The predicted molar refractivity (Wildman–Crippen MR) is 82.8 cm³/mol. The highest BCUT2D eigenvalue weighted by Gasteiger charge is 2.40. The summed E-state index contributed by atoms with van der Waals surface area (Å²) in [6, 6.07) is 6.68. The van der Waals surface area contributed by atoms with E-state index in [4.69, 9.17) is 9.47 Å². The molecule has 2 fully saturated rings. The van der Waals surface area contributed by atoms with Gasteiger partial charge in [0.25, 0.3) is 0 Å². The van der Waals surface area contributed by atoms with E-state index in [2.05, 4.69) is 24.5 Å². The van der Waals surface area contributed by atoms with Crippen LogP contribution < -0.4 is 14.8 Å². The molecular weight excluding hydrogens is 262 g/mol. The van der Waals surface area contributed by atoms with Gasteiger partial charge in [0.05, 0.1) is 0 Å². The van der Waals surface area contributed by atoms with Crippen molar-refractivity contribution in [2.45, 2.75) is 38.1 Å². The number of benzene rings is 1. The largest absolute Gasteiger partial charge is 0.486 e. The summed E-state index contributed by atoms with van der Waals surface area (Å²) < 4.78 is 11.6. The lowest BCUT2D eigenvalue weighted by molar-refractivity contribution is 0.167. The van der Waals surface area contributed by atoms with Crippen LogP contribution in [0.25, 0.3) is 0 Å². The number of hydrogen-bond acceptors (Lipinski definition) is 3. The average molecular weight is 287 g/mol. The van der Waals surface area contributed by atoms with Crippen molar-refractivity contribution in [1.29, 1.82) is 0 Å². The molecule has 2 bridgehead atoms. The first-order valence-electron chi connectivity index (χ1n) is 8.41. The normalized spacial score (nSPS) is 31.4. The summed E-state index contributed by atoms with van der Waals surface area (Å²) in [6.45, 7) is 1.32. The van der Waals surface area contributed by atoms with Crippen molar-refractivity contribution < 1.29 is 9.47 Å². The van der Waals surface area contributed by atoms with Crippen LogP contribution in [-0.2, 0) is 0 Å². The maximum Gasteiger partial charge on any atom is 0.166 e. The first-order valence-corrected chi connectivity index (χ1v) is 8.41. The molecule has 0 aromatic heterocycles. The van der Waals surface area contributed by atoms with E-state index < -0.39 is 0 Å². The van der Waals surface area contributed by atoms with Crippen LogP contribution in [0, 0.1) is 17.8 Å². The molecule has 3 nitrogen and oxygen atoms in total. The molecule has 4 atom stereocenters. The summed E-state index contributed by atoms with van der Waals surface area (Å²) in [5, 5.41) is 3.52. The topological polar surface area (TPSA) is 30.5 Å². The number of rotatable bonds is 4. The Morgan fingerprint density at radius 1 is 1.19 bits per heavy atom. The summed E-state index contributed by atoms with van der Waals surface area (Å²) in [6.07, 6.45) is 7.08. The highest BCUT2D eigenvalue weighted by Crippen LogP contribution is 2.51. The van der Waals surface area contributed by atoms with Crippen molar-refractivity contribution in [3.63, 3.8) is 0 Å². The summed E-state index contributed by atoms with van der Waals surface area (Å²) in [7, 11) is 2.07. The molecular formula is C18H25NO2. The third-order valence-electron chi connectivity index (χ3n) is 5.74. The lowest BCUT2D eigenvalue weighted by Crippen LogP contribution is -2.25. The second-order valence-corrected chi connectivity index (χ2v) is 6.88. The second kappa shape index (κ2) is 5.53. The molecule has 0 radical (unpaired) electrons. The zero-order valence-electron chi connectivity index (χ0n) is 12.8. The SMILES string of the molecule is CNC(CC1CC2CCC1C2)c1cccc2c1OCCO2. The molecule has 0 spiro atoms. The summed E-state index contributed by atoms with van der Waals surface area (Å²) in [5.74, 6) is 4.75. The van der Waals surface area contributed by atoms with Crippen LogP contribution in [0.15, 0.2) is 18.2 Å². The number of fused-ring (bicyclic) bond motifs is 3. The summed E-state index contributed by atoms with van der Waals surface area (Å²) in [4.78, 5) is 0. The minimum absolute atomic E-state index is 0.381. The van der Waals surface area contributed by atoms with Crippen LogP contribution in [0.2, 0.25) is 0 Å². The van der Waals surface area contributed by atoms with Crippen molar-refractivity contribution in [2.75, 3.05) is 20.3 Å². The van der Waals surface area contributed by atoms with E-state index in [9.17, 15) is 0 Å². The van der Waals surface area contributed by atoms with Gasteiger partial charge in [0.1, 0.15) is 13.2 Å². The van der Waals surface area contributed by atoms with Crippen molar-refractivity contribution in [1.82, 2.24) is 5.32 Å². The molecule has 2 saturated carbocycles. The number of hydrogen-bond donors (Lipinski definition) is 1. The Morgan fingerprint density at radius 3 is 2.86 bits per heavy atom. The molecule has 3 aliphatic rings. The van der Waals surface area contributed by atoms with E-state index >= 15 is 0 Å². The van der Waals surface area contributed by atoms with E-state index in [0.717, 1.165) is 29.3 Å². The minimum atomic E-state index is 0.381. The van der Waals surface area contributed by atoms with Gasteiger partial charge < -0.3 is 14.8 Å². The lowest BCUT2D eigenvalue weighted by Gasteiger charge is -2.29. The fourth-order valence-electron chi connectivity index (χ4n) is 4.74. The molecule has 1 aromatic rings. The van der Waals surface area contributed by atoms with Gasteiger partial charge in [-0.2, -0.15) is 0 Å². The zero-order valence-corrected chi connectivity index (χ0v) is 12.8. The van der Waals surface area contributed by atoms with Crippen molar-refractivity contribution in [3.05, 3.63) is 23.8 Å². The van der Waals surface area contributed by atoms with Crippen LogP contribution in [0.3, 0.4) is 0 Å². The van der Waals surface area contributed by atoms with E-state index in [-0.39, 0.29) is 0 Å². The molecule has 1 heterocycles. The highest BCUT2D eigenvalue weighted by atomic mass is 16.6. The third kappa shape index (κ3) is 2.42. The Bertz CT molecular complexity index is 516. The van der Waals surface area contributed by atoms with Crippen LogP contribution >= 0.6 is 0 Å². The monoisotopic (exact) mass is 287 g/mol. The maximum atomic E-state index is 5.90. The first kappa shape index (κ1) is 13.4. The van der Waals surface area contributed by atoms with Crippen LogP contribution in [0.4, 0.5) is 0 Å². The van der Waals surface area contributed by atoms with Crippen LogP contribution in [0.1, 0.15) is 43.7 Å². The molecule has 1 aliphatic heterocycles. The fraction of sp³-hybridized carbons (Fsp3) is 0.667. The van der Waals surface area contributed by atoms with Crippen molar-refractivity contribution in [3.8, 4) is 11.5 Å². The molecule has 4 unspecified atom stereocenters. The van der Waals surface area contributed by atoms with Gasteiger partial charge in [-0.25, -0.2) is 0 Å². The molecule has 21 heavy (non-hydrogen) atoms. The molecule has 0 saturated heterocycles. The van der Waals surface area contributed by atoms with Crippen LogP contribution in [-0.4, -0.2) is 20.3 Å². The van der Waals surface area contributed by atoms with Gasteiger partial charge in [0, 0.05) is 11.6 Å². The quantitative estimate of drug-likeness (QED) is 0.918. The predicted octanol–water partition coefficient (Wildman–Crippen LogP) is 3.54. The maximum absolute atomic E-state index is 5.90. The lowest BCUT2D eigenvalue weighted by atomic mass is 9.82. The molecule has 1 N–H and O–H groups in total. The molecule has 0 amide bonds. The third-order valence-corrected chi connectivity index (χ3v) is 5.74. The van der Waals surface area contributed by atoms with Crippen molar-refractivity contribution >= 4 is 0 Å². The Hall–Kier alpha value is -1.22. The number of para-hydroxylation sites is 1. The summed E-state index contributed by atoms with van der Waals surface area (Å²) >= 11 is 0. The van der Waals surface area contributed by atoms with Gasteiger partial charge in [0.15, 0.2) is 11.5 Å². The van der Waals surface area contributed by atoms with E-state index in [0.29, 0.717) is 19.3 Å². The standard InChI is InChI=1S/C18H25NO2/c1-19-16(11-14-10-12-5-6-13(14)9-12)15-3-2-4-17-18(15)21-8-7-20-17/h2-4,12-14,16,19H,5-11H2,1H3. The number of nitrogens with one attached hydrogen (secondary N) is 1. The Kier molecular flexibility index (Phi) is 3.54. The van der Waals surface area contributed by atoms with E-state index in [1.165, 1.54) is 37.7 Å². The van der Waals surface area contributed by atoms with Gasteiger partial charge in [-0.15, -0.1) is 0 Å². The molecule has 114 valence electrons. The van der Waals surface area contributed by atoms with Gasteiger partial charge in [-0.1, -0.05) is 18.6 Å². The Balaban J connectivity index is 1.56. The summed E-state index contributed by atoms with van der Waals surface area (Å²) in [5.41, 5.74) is 1.28. The first-order chi connectivity index (χ1) is 10.3. The van der Waals surface area contributed by atoms with Crippen LogP contribution in [0.5, 0.6) is 11.5 Å². The van der Waals surface area contributed by atoms with Gasteiger partial charge in [-0.3, -0.25) is 0 Å². The Labute approximate surface area is 127 Å². The molecule has 3 heteroatoms. The highest BCUT2D eigenvalue weighted by molar-refractivity contribution is 5.49. The fourth-order valence-corrected chi connectivity index (χ4v) is 4.74. The van der Waals surface area contributed by atoms with E-state index in [1.807, 2.05) is 6.07 Å². The smallest absolute Gasteiger partial charge is 0.166 e.